The number of benzene rings is 1. The fourth-order valence-electron chi connectivity index (χ4n) is 3.18. The highest BCUT2D eigenvalue weighted by Crippen LogP contribution is 2.37. The summed E-state index contributed by atoms with van der Waals surface area (Å²) in [5.41, 5.74) is 7.22. The van der Waals surface area contributed by atoms with Gasteiger partial charge in [-0.3, -0.25) is 4.79 Å². The third kappa shape index (κ3) is 2.92. The second-order valence-electron chi connectivity index (χ2n) is 6.04. The molecule has 0 unspecified atom stereocenters. The van der Waals surface area contributed by atoms with Crippen molar-refractivity contribution in [2.75, 3.05) is 30.8 Å². The fraction of sp³-hybridized carbons (Fsp3) is 0.375. The van der Waals surface area contributed by atoms with E-state index in [2.05, 4.69) is 22.6 Å². The maximum Gasteiger partial charge on any atom is 0.250 e. The molecule has 23 heavy (non-hydrogen) atoms. The van der Waals surface area contributed by atoms with Crippen molar-refractivity contribution >= 4 is 23.5 Å². The molecule has 122 valence electrons. The average Bonchev–Trinajstić information content (AvgIpc) is 2.92. The van der Waals surface area contributed by atoms with E-state index in [0.29, 0.717) is 17.2 Å². The summed E-state index contributed by atoms with van der Waals surface area (Å²) in [4.78, 5) is 13.8. The standard InChI is InChI=1S/C16H20FN5O/c1-22-4-2-9(3-5-22)12(8-18)16-20-13-7-10(17)6-11(15(19)23)14(13)21-16/h6-9,18,20-21H,2-5H2,1H3,(H2,19,23)/b16-12+,18-8?. The molecule has 3 rings (SSSR count). The molecule has 0 bridgehead atoms. The zero-order valence-electron chi connectivity index (χ0n) is 12.9. The van der Waals surface area contributed by atoms with Gasteiger partial charge < -0.3 is 26.7 Å². The van der Waals surface area contributed by atoms with Gasteiger partial charge in [0.1, 0.15) is 11.6 Å². The minimum Gasteiger partial charge on any atom is -0.366 e. The lowest BCUT2D eigenvalue weighted by molar-refractivity contribution is 0.100. The van der Waals surface area contributed by atoms with Gasteiger partial charge in [-0.15, -0.1) is 0 Å². The summed E-state index contributed by atoms with van der Waals surface area (Å²) in [5.74, 6) is -0.316. The number of hydrogen-bond acceptors (Lipinski definition) is 5. The van der Waals surface area contributed by atoms with Gasteiger partial charge >= 0.3 is 0 Å². The third-order valence-electron chi connectivity index (χ3n) is 4.48. The van der Waals surface area contributed by atoms with Crippen LogP contribution in [0, 0.1) is 17.1 Å². The molecule has 1 saturated heterocycles. The molecule has 6 nitrogen and oxygen atoms in total. The Kier molecular flexibility index (Phi) is 4.04. The van der Waals surface area contributed by atoms with Gasteiger partial charge in [0.25, 0.3) is 5.91 Å². The normalized spacial score (nSPS) is 20.4. The number of piperidine rings is 1. The number of nitrogens with two attached hydrogens (primary N) is 1. The molecule has 0 aliphatic carbocycles. The van der Waals surface area contributed by atoms with E-state index in [1.807, 2.05) is 0 Å². The molecule has 0 saturated carbocycles. The third-order valence-corrected chi connectivity index (χ3v) is 4.48. The van der Waals surface area contributed by atoms with Gasteiger partial charge in [0, 0.05) is 11.8 Å². The second-order valence-corrected chi connectivity index (χ2v) is 6.04. The van der Waals surface area contributed by atoms with E-state index >= 15 is 0 Å². The monoisotopic (exact) mass is 317 g/mol. The van der Waals surface area contributed by atoms with Crippen LogP contribution in [0.2, 0.25) is 0 Å². The van der Waals surface area contributed by atoms with Gasteiger partial charge in [0.15, 0.2) is 0 Å². The maximum absolute atomic E-state index is 13.6. The van der Waals surface area contributed by atoms with Gasteiger partial charge in [-0.2, -0.15) is 0 Å². The van der Waals surface area contributed by atoms with Gasteiger partial charge in [0.05, 0.1) is 16.9 Å². The van der Waals surface area contributed by atoms with Crippen LogP contribution in [0.1, 0.15) is 23.2 Å². The molecule has 2 aliphatic rings. The summed E-state index contributed by atoms with van der Waals surface area (Å²) in [6.45, 7) is 1.95. The quantitative estimate of drug-likeness (QED) is 0.641. The number of amides is 1. The lowest BCUT2D eigenvalue weighted by Gasteiger charge is -2.30. The van der Waals surface area contributed by atoms with E-state index in [9.17, 15) is 9.18 Å². The Hall–Kier alpha value is -2.41. The van der Waals surface area contributed by atoms with Crippen LogP contribution < -0.4 is 16.4 Å². The lowest BCUT2D eigenvalue weighted by atomic mass is 9.89. The van der Waals surface area contributed by atoms with Crippen molar-refractivity contribution in [1.82, 2.24) is 4.90 Å². The molecular formula is C16H20FN5O. The number of anilines is 2. The van der Waals surface area contributed by atoms with Crippen LogP contribution in [0.3, 0.4) is 0 Å². The number of carbonyl (C=O) groups excluding carboxylic acids is 1. The summed E-state index contributed by atoms with van der Waals surface area (Å²) in [5, 5.41) is 13.9. The van der Waals surface area contributed by atoms with E-state index < -0.39 is 11.7 Å². The number of nitrogens with zero attached hydrogens (tertiary/aromatic N) is 1. The van der Waals surface area contributed by atoms with Crippen LogP contribution in [0.4, 0.5) is 15.8 Å². The molecule has 7 heteroatoms. The number of likely N-dealkylation sites (tertiary alicyclic amines) is 1. The van der Waals surface area contributed by atoms with Gasteiger partial charge in [-0.1, -0.05) is 0 Å². The van der Waals surface area contributed by atoms with E-state index in [1.54, 1.807) is 0 Å². The van der Waals surface area contributed by atoms with Crippen molar-refractivity contribution in [1.29, 1.82) is 5.41 Å². The van der Waals surface area contributed by atoms with Gasteiger partial charge in [-0.05, 0) is 51.0 Å². The number of fused-ring (bicyclic) bond motifs is 1. The van der Waals surface area contributed by atoms with Crippen LogP contribution in [0.5, 0.6) is 0 Å². The summed E-state index contributed by atoms with van der Waals surface area (Å²) >= 11 is 0. The molecule has 1 amide bonds. The predicted octanol–water partition coefficient (Wildman–Crippen LogP) is 1.96. The maximum atomic E-state index is 13.6. The Labute approximate surface area is 134 Å². The Morgan fingerprint density at radius 1 is 1.39 bits per heavy atom. The van der Waals surface area contributed by atoms with Crippen molar-refractivity contribution in [3.63, 3.8) is 0 Å². The zero-order chi connectivity index (χ0) is 16.6. The molecule has 0 aromatic heterocycles. The minimum absolute atomic E-state index is 0.107. The highest BCUT2D eigenvalue weighted by atomic mass is 19.1. The first-order chi connectivity index (χ1) is 11.0. The fourth-order valence-corrected chi connectivity index (χ4v) is 3.18. The molecule has 2 heterocycles. The minimum atomic E-state index is -0.688. The molecule has 1 fully saturated rings. The van der Waals surface area contributed by atoms with E-state index in [4.69, 9.17) is 11.1 Å². The Morgan fingerprint density at radius 3 is 2.70 bits per heavy atom. The molecule has 1 aromatic rings. The summed E-state index contributed by atoms with van der Waals surface area (Å²) in [6, 6.07) is 2.44. The molecule has 0 radical (unpaired) electrons. The van der Waals surface area contributed by atoms with E-state index in [0.717, 1.165) is 37.6 Å². The highest BCUT2D eigenvalue weighted by Gasteiger charge is 2.27. The van der Waals surface area contributed by atoms with Gasteiger partial charge in [-0.25, -0.2) is 4.39 Å². The van der Waals surface area contributed by atoms with Crippen LogP contribution in [-0.2, 0) is 0 Å². The summed E-state index contributed by atoms with van der Waals surface area (Å²) < 4.78 is 13.6. The molecule has 0 spiro atoms. The molecule has 1 aromatic carbocycles. The molecule has 5 N–H and O–H groups in total. The lowest BCUT2D eigenvalue weighted by Crippen LogP contribution is -2.32. The van der Waals surface area contributed by atoms with Crippen LogP contribution >= 0.6 is 0 Å². The van der Waals surface area contributed by atoms with Gasteiger partial charge in [0.2, 0.25) is 0 Å². The number of nitrogens with one attached hydrogen (secondary N) is 3. The largest absolute Gasteiger partial charge is 0.366 e. The van der Waals surface area contributed by atoms with Crippen molar-refractivity contribution in [3.05, 3.63) is 34.9 Å². The number of rotatable bonds is 3. The number of primary amides is 1. The average molecular weight is 317 g/mol. The van der Waals surface area contributed by atoms with E-state index in [1.165, 1.54) is 12.3 Å². The molecular weight excluding hydrogens is 297 g/mol. The van der Waals surface area contributed by atoms with Crippen molar-refractivity contribution in [3.8, 4) is 0 Å². The molecule has 2 aliphatic heterocycles. The van der Waals surface area contributed by atoms with Crippen LogP contribution in [0.15, 0.2) is 23.5 Å². The van der Waals surface area contributed by atoms with Crippen molar-refractivity contribution < 1.29 is 9.18 Å². The van der Waals surface area contributed by atoms with E-state index in [-0.39, 0.29) is 11.5 Å². The van der Waals surface area contributed by atoms with Crippen molar-refractivity contribution in [2.45, 2.75) is 12.8 Å². The zero-order valence-corrected chi connectivity index (χ0v) is 12.9. The first kappa shape index (κ1) is 15.5. The van der Waals surface area contributed by atoms with Crippen molar-refractivity contribution in [2.24, 2.45) is 11.7 Å². The smallest absolute Gasteiger partial charge is 0.250 e. The molecule has 0 atom stereocenters. The SMILES string of the molecule is CN1CCC(/C(C=N)=C2\Nc3cc(F)cc(C(N)=O)c3N2)CC1. The van der Waals surface area contributed by atoms with Crippen LogP contribution in [-0.4, -0.2) is 37.2 Å². The Morgan fingerprint density at radius 2 is 2.09 bits per heavy atom. The number of carbonyl (C=O) groups is 1. The number of allylic oxidation sites excluding steroid dienone is 1. The first-order valence-corrected chi connectivity index (χ1v) is 7.60. The summed E-state index contributed by atoms with van der Waals surface area (Å²) in [7, 11) is 2.08. The second kappa shape index (κ2) is 6.00. The number of hydrogen-bond donors (Lipinski definition) is 4. The Balaban J connectivity index is 1.94. The first-order valence-electron chi connectivity index (χ1n) is 7.60. The summed E-state index contributed by atoms with van der Waals surface area (Å²) in [6.07, 6.45) is 3.25. The predicted molar refractivity (Wildman–Crippen MR) is 88.2 cm³/mol. The Bertz CT molecular complexity index is 692. The highest BCUT2D eigenvalue weighted by molar-refractivity contribution is 6.04. The topological polar surface area (TPSA) is 94.2 Å². The number of halogens is 1. The van der Waals surface area contributed by atoms with Crippen LogP contribution in [0.25, 0.3) is 0 Å².